The lowest BCUT2D eigenvalue weighted by molar-refractivity contribution is 0.415. The molecule has 4 rings (SSSR count). The Hall–Kier alpha value is -3.75. The second kappa shape index (κ2) is 6.76. The maximum atomic E-state index is 14.5. The van der Waals surface area contributed by atoms with Gasteiger partial charge in [0.25, 0.3) is 0 Å². The van der Waals surface area contributed by atoms with Crippen LogP contribution in [0.4, 0.5) is 26.1 Å². The SMILES string of the molecule is COc1ccc(Nc2nc(-n3c(C)nc4ccc(F)cc43)nc(N)c2F)cc1. The number of halogens is 2. The van der Waals surface area contributed by atoms with Crippen LogP contribution < -0.4 is 15.8 Å². The molecule has 142 valence electrons. The number of methoxy groups -OCH3 is 1. The van der Waals surface area contributed by atoms with E-state index in [0.29, 0.717) is 28.3 Å². The topological polar surface area (TPSA) is 90.9 Å². The smallest absolute Gasteiger partial charge is 0.239 e. The summed E-state index contributed by atoms with van der Waals surface area (Å²) in [6, 6.07) is 11.1. The Kier molecular flexibility index (Phi) is 4.26. The molecule has 9 heteroatoms. The molecule has 3 N–H and O–H groups in total. The highest BCUT2D eigenvalue weighted by atomic mass is 19.1. The fraction of sp³-hybridized carbons (Fsp3) is 0.105. The summed E-state index contributed by atoms with van der Waals surface area (Å²) < 4.78 is 34.9. The van der Waals surface area contributed by atoms with Gasteiger partial charge in [0.2, 0.25) is 11.8 Å². The second-order valence-electron chi connectivity index (χ2n) is 6.05. The second-order valence-corrected chi connectivity index (χ2v) is 6.05. The van der Waals surface area contributed by atoms with Crippen LogP contribution in [0, 0.1) is 18.6 Å². The van der Waals surface area contributed by atoms with Crippen molar-refractivity contribution in [1.29, 1.82) is 0 Å². The largest absolute Gasteiger partial charge is 0.497 e. The van der Waals surface area contributed by atoms with Gasteiger partial charge in [-0.15, -0.1) is 0 Å². The van der Waals surface area contributed by atoms with Crippen LogP contribution in [0.15, 0.2) is 42.5 Å². The van der Waals surface area contributed by atoms with Crippen LogP contribution in [-0.2, 0) is 0 Å². The average Bonchev–Trinajstić information content (AvgIpc) is 3.01. The Balaban J connectivity index is 1.81. The first kappa shape index (κ1) is 17.7. The molecule has 2 aromatic carbocycles. The standard InChI is InChI=1S/C19H16F2N6O/c1-10-23-14-8-3-11(20)9-15(14)27(10)19-25-17(22)16(21)18(26-19)24-12-4-6-13(28-2)7-5-12/h3-9H,1-2H3,(H3,22,24,25,26). The number of nitrogens with two attached hydrogens (primary N) is 1. The van der Waals surface area contributed by atoms with E-state index in [4.69, 9.17) is 10.5 Å². The number of rotatable bonds is 4. The van der Waals surface area contributed by atoms with Crippen molar-refractivity contribution in [3.05, 3.63) is 59.9 Å². The highest BCUT2D eigenvalue weighted by Gasteiger charge is 2.18. The number of nitrogen functional groups attached to an aromatic ring is 1. The van der Waals surface area contributed by atoms with E-state index in [-0.39, 0.29) is 17.6 Å². The third-order valence-corrected chi connectivity index (χ3v) is 4.20. The molecule has 0 atom stereocenters. The maximum Gasteiger partial charge on any atom is 0.239 e. The average molecular weight is 382 g/mol. The van der Waals surface area contributed by atoms with Gasteiger partial charge >= 0.3 is 0 Å². The zero-order chi connectivity index (χ0) is 19.8. The molecule has 7 nitrogen and oxygen atoms in total. The first-order valence-electron chi connectivity index (χ1n) is 8.35. The maximum absolute atomic E-state index is 14.5. The van der Waals surface area contributed by atoms with E-state index in [2.05, 4.69) is 20.3 Å². The third-order valence-electron chi connectivity index (χ3n) is 4.20. The van der Waals surface area contributed by atoms with Crippen LogP contribution in [0.5, 0.6) is 5.75 Å². The zero-order valence-corrected chi connectivity index (χ0v) is 15.1. The molecule has 0 fully saturated rings. The minimum Gasteiger partial charge on any atom is -0.497 e. The van der Waals surface area contributed by atoms with Gasteiger partial charge in [-0.05, 0) is 43.3 Å². The van der Waals surface area contributed by atoms with Gasteiger partial charge in [0.15, 0.2) is 11.6 Å². The van der Waals surface area contributed by atoms with E-state index >= 15 is 0 Å². The number of aryl methyl sites for hydroxylation is 1. The zero-order valence-electron chi connectivity index (χ0n) is 15.1. The van der Waals surface area contributed by atoms with E-state index in [1.165, 1.54) is 16.7 Å². The molecular formula is C19H16F2N6O. The lowest BCUT2D eigenvalue weighted by Crippen LogP contribution is -2.10. The number of anilines is 3. The number of nitrogens with one attached hydrogen (secondary N) is 1. The van der Waals surface area contributed by atoms with Gasteiger partial charge in [0.05, 0.1) is 18.1 Å². The quantitative estimate of drug-likeness (QED) is 0.559. The van der Waals surface area contributed by atoms with Crippen molar-refractivity contribution in [2.24, 2.45) is 0 Å². The highest BCUT2D eigenvalue weighted by molar-refractivity contribution is 5.78. The highest BCUT2D eigenvalue weighted by Crippen LogP contribution is 2.26. The van der Waals surface area contributed by atoms with Gasteiger partial charge in [0, 0.05) is 11.8 Å². The first-order valence-corrected chi connectivity index (χ1v) is 8.35. The summed E-state index contributed by atoms with van der Waals surface area (Å²) in [7, 11) is 1.56. The summed E-state index contributed by atoms with van der Waals surface area (Å²) in [5.74, 6) is -0.393. The summed E-state index contributed by atoms with van der Waals surface area (Å²) in [6.07, 6.45) is 0. The molecule has 0 spiro atoms. The van der Waals surface area contributed by atoms with E-state index in [1.807, 2.05) is 0 Å². The molecule has 28 heavy (non-hydrogen) atoms. The molecule has 0 saturated carbocycles. The van der Waals surface area contributed by atoms with Crippen molar-refractivity contribution >= 4 is 28.4 Å². The van der Waals surface area contributed by atoms with Crippen LogP contribution in [-0.4, -0.2) is 26.6 Å². The van der Waals surface area contributed by atoms with E-state index in [9.17, 15) is 8.78 Å². The number of hydrogen-bond acceptors (Lipinski definition) is 6. The Morgan fingerprint density at radius 3 is 2.50 bits per heavy atom. The minimum absolute atomic E-state index is 0.0838. The van der Waals surface area contributed by atoms with E-state index in [1.54, 1.807) is 44.4 Å². The molecule has 0 aliphatic carbocycles. The van der Waals surface area contributed by atoms with Crippen LogP contribution in [0.25, 0.3) is 17.0 Å². The Morgan fingerprint density at radius 1 is 1.04 bits per heavy atom. The molecule has 0 bridgehead atoms. The van der Waals surface area contributed by atoms with Crippen molar-refractivity contribution in [2.45, 2.75) is 6.92 Å². The Labute approximate surface area is 158 Å². The lowest BCUT2D eigenvalue weighted by atomic mass is 10.3. The van der Waals surface area contributed by atoms with Crippen molar-refractivity contribution in [1.82, 2.24) is 19.5 Å². The molecule has 0 saturated heterocycles. The summed E-state index contributed by atoms with van der Waals surface area (Å²) in [6.45, 7) is 1.72. The van der Waals surface area contributed by atoms with E-state index < -0.39 is 11.6 Å². The van der Waals surface area contributed by atoms with Gasteiger partial charge in [-0.25, -0.2) is 9.37 Å². The summed E-state index contributed by atoms with van der Waals surface area (Å²) in [5, 5.41) is 2.88. The van der Waals surface area contributed by atoms with Gasteiger partial charge in [-0.1, -0.05) is 0 Å². The van der Waals surface area contributed by atoms with E-state index in [0.717, 1.165) is 0 Å². The van der Waals surface area contributed by atoms with Crippen LogP contribution in [0.1, 0.15) is 5.82 Å². The number of ether oxygens (including phenoxy) is 1. The van der Waals surface area contributed by atoms with Gasteiger partial charge in [0.1, 0.15) is 17.4 Å². The molecule has 0 aliphatic heterocycles. The van der Waals surface area contributed by atoms with Crippen LogP contribution >= 0.6 is 0 Å². The van der Waals surface area contributed by atoms with Crippen molar-refractivity contribution < 1.29 is 13.5 Å². The first-order chi connectivity index (χ1) is 13.5. The number of fused-ring (bicyclic) bond motifs is 1. The number of imidazole rings is 1. The van der Waals surface area contributed by atoms with Crippen molar-refractivity contribution in [3.8, 4) is 11.7 Å². The van der Waals surface area contributed by atoms with Gasteiger partial charge in [-0.2, -0.15) is 14.4 Å². The lowest BCUT2D eigenvalue weighted by Gasteiger charge is -2.12. The minimum atomic E-state index is -0.784. The van der Waals surface area contributed by atoms with Crippen LogP contribution in [0.2, 0.25) is 0 Å². The molecule has 0 amide bonds. The fourth-order valence-electron chi connectivity index (χ4n) is 2.87. The molecule has 2 heterocycles. The predicted molar refractivity (Wildman–Crippen MR) is 102 cm³/mol. The van der Waals surface area contributed by atoms with Crippen molar-refractivity contribution in [2.75, 3.05) is 18.2 Å². The van der Waals surface area contributed by atoms with Gasteiger partial charge < -0.3 is 15.8 Å². The molecule has 0 aliphatic rings. The molecule has 2 aromatic heterocycles. The Bertz CT molecular complexity index is 1170. The predicted octanol–water partition coefficient (Wildman–Crippen LogP) is 3.74. The summed E-state index contributed by atoms with van der Waals surface area (Å²) >= 11 is 0. The number of nitrogens with zero attached hydrogens (tertiary/aromatic N) is 4. The molecule has 0 unspecified atom stereocenters. The number of hydrogen-bond donors (Lipinski definition) is 2. The van der Waals surface area contributed by atoms with Crippen molar-refractivity contribution in [3.63, 3.8) is 0 Å². The molecule has 4 aromatic rings. The molecule has 0 radical (unpaired) electrons. The number of aromatic nitrogens is 4. The van der Waals surface area contributed by atoms with Gasteiger partial charge in [-0.3, -0.25) is 4.57 Å². The third kappa shape index (κ3) is 3.07. The summed E-state index contributed by atoms with van der Waals surface area (Å²) in [5.41, 5.74) is 7.36. The fourth-order valence-corrected chi connectivity index (χ4v) is 2.87. The monoisotopic (exact) mass is 382 g/mol. The Morgan fingerprint density at radius 2 is 1.79 bits per heavy atom. The van der Waals surface area contributed by atoms with Crippen LogP contribution in [0.3, 0.4) is 0 Å². The molecular weight excluding hydrogens is 366 g/mol. The summed E-state index contributed by atoms with van der Waals surface area (Å²) in [4.78, 5) is 12.6. The normalized spacial score (nSPS) is 11.0. The number of benzene rings is 2.